The van der Waals surface area contributed by atoms with Crippen molar-refractivity contribution in [3.63, 3.8) is 0 Å². The molecule has 1 aromatic heterocycles. The normalized spacial score (nSPS) is 11.8. The zero-order chi connectivity index (χ0) is 24.1. The van der Waals surface area contributed by atoms with Crippen LogP contribution < -0.4 is 38.6 Å². The average Bonchev–Trinajstić information content (AvgIpc) is 3.31. The molecule has 0 saturated carbocycles. The van der Waals surface area contributed by atoms with Gasteiger partial charge in [0, 0.05) is 5.69 Å². The number of hydrogen-bond acceptors (Lipinski definition) is 3. The average molecular weight is 474 g/mol. The van der Waals surface area contributed by atoms with Crippen LogP contribution >= 0.6 is 0 Å². The summed E-state index contributed by atoms with van der Waals surface area (Å²) < 4.78 is 8.22. The van der Waals surface area contributed by atoms with E-state index in [1.807, 2.05) is 109 Å². The summed E-state index contributed by atoms with van der Waals surface area (Å²) in [5.41, 5.74) is 6.16. The molecule has 172 valence electrons. The molecule has 6 aromatic rings. The summed E-state index contributed by atoms with van der Waals surface area (Å²) in [5.74, 6) is 2.20. The summed E-state index contributed by atoms with van der Waals surface area (Å²) in [6.45, 7) is 0. The molecular weight excluding hydrogens is 453 g/mol. The summed E-state index contributed by atoms with van der Waals surface area (Å²) in [5, 5.41) is 13.7. The first-order valence-electron chi connectivity index (χ1n) is 11.8. The molecule has 0 saturated heterocycles. The molecule has 0 fully saturated rings. The first-order valence-corrected chi connectivity index (χ1v) is 11.8. The molecule has 2 heterocycles. The Labute approximate surface area is 226 Å². The number of benzene rings is 5. The maximum atomic E-state index is 13.7. The standard InChI is InChI=1S/C31H21N3O2.Li/c35-28-20-22(33-26-14-6-8-16-29(26)36-30-17-9-7-15-27(30)33)18-19-23(28)31-32-24-12-4-5-13-25(24)34(31)21-10-2-1-3-11-21;/h1-20,35H;/q;+1. The van der Waals surface area contributed by atoms with Crippen molar-refractivity contribution in [2.75, 3.05) is 4.90 Å². The number of hydrogen-bond donors (Lipinski definition) is 0. The van der Waals surface area contributed by atoms with Crippen LogP contribution in [0.4, 0.5) is 17.1 Å². The third-order valence-corrected chi connectivity index (χ3v) is 6.55. The van der Waals surface area contributed by atoms with Crippen LogP contribution in [0.15, 0.2) is 121 Å². The zero-order valence-electron chi connectivity index (χ0n) is 20.3. The van der Waals surface area contributed by atoms with E-state index in [9.17, 15) is 5.11 Å². The number of fused-ring (bicyclic) bond motifs is 3. The minimum atomic E-state index is -0.0646. The van der Waals surface area contributed by atoms with Gasteiger partial charge in [0.25, 0.3) is 5.82 Å². The smallest absolute Gasteiger partial charge is 0.872 e. The number of para-hydroxylation sites is 7. The molecule has 1 N–H and O–H groups in total. The molecule has 1 aliphatic rings. The van der Waals surface area contributed by atoms with Crippen molar-refractivity contribution in [1.82, 2.24) is 4.57 Å². The number of H-pyrrole nitrogens is 1. The molecule has 0 spiro atoms. The van der Waals surface area contributed by atoms with Gasteiger partial charge in [-0.05, 0) is 66.7 Å². The molecule has 1 aliphatic heterocycles. The Kier molecular flexibility index (Phi) is 5.73. The van der Waals surface area contributed by atoms with E-state index in [1.54, 1.807) is 6.07 Å². The van der Waals surface area contributed by atoms with Crippen LogP contribution in [-0.2, 0) is 0 Å². The van der Waals surface area contributed by atoms with Crippen LogP contribution in [0.2, 0.25) is 0 Å². The summed E-state index contributed by atoms with van der Waals surface area (Å²) >= 11 is 0. The molecule has 0 unspecified atom stereocenters. The third kappa shape index (κ3) is 3.77. The molecule has 6 heteroatoms. The van der Waals surface area contributed by atoms with Crippen molar-refractivity contribution >= 4 is 28.1 Å². The topological polar surface area (TPSA) is 54.6 Å². The van der Waals surface area contributed by atoms with E-state index >= 15 is 0 Å². The van der Waals surface area contributed by atoms with E-state index in [-0.39, 0.29) is 24.6 Å². The van der Waals surface area contributed by atoms with E-state index < -0.39 is 0 Å². The second-order valence-electron chi connectivity index (χ2n) is 8.72. The number of rotatable bonds is 3. The third-order valence-electron chi connectivity index (χ3n) is 6.55. The molecule has 0 aliphatic carbocycles. The van der Waals surface area contributed by atoms with Gasteiger partial charge in [-0.2, -0.15) is 4.57 Å². The summed E-state index contributed by atoms with van der Waals surface area (Å²) in [4.78, 5) is 5.56. The summed E-state index contributed by atoms with van der Waals surface area (Å²) in [6.07, 6.45) is 0. The molecule has 0 bridgehead atoms. The van der Waals surface area contributed by atoms with Gasteiger partial charge < -0.3 is 14.7 Å². The molecule has 0 radical (unpaired) electrons. The van der Waals surface area contributed by atoms with Crippen LogP contribution in [-0.4, -0.2) is 4.57 Å². The number of ether oxygens (including phenoxy) is 1. The Balaban J connectivity index is 0.00000252. The second kappa shape index (κ2) is 9.22. The van der Waals surface area contributed by atoms with Crippen LogP contribution in [0, 0.1) is 0 Å². The number of nitrogens with one attached hydrogen (secondary N) is 1. The predicted octanol–water partition coefficient (Wildman–Crippen LogP) is 3.76. The van der Waals surface area contributed by atoms with Crippen molar-refractivity contribution in [2.45, 2.75) is 0 Å². The predicted molar refractivity (Wildman–Crippen MR) is 139 cm³/mol. The summed E-state index contributed by atoms with van der Waals surface area (Å²) in [7, 11) is 0. The van der Waals surface area contributed by atoms with Crippen molar-refractivity contribution in [3.8, 4) is 34.3 Å². The van der Waals surface area contributed by atoms with Crippen LogP contribution in [0.1, 0.15) is 0 Å². The molecule has 7 rings (SSSR count). The fraction of sp³-hybridized carbons (Fsp3) is 0. The largest absolute Gasteiger partial charge is 1.00 e. The second-order valence-corrected chi connectivity index (χ2v) is 8.72. The minimum Gasteiger partial charge on any atom is -0.872 e. The minimum absolute atomic E-state index is 0. The Hall–Kier alpha value is -4.43. The Morgan fingerprint density at radius 1 is 0.622 bits per heavy atom. The van der Waals surface area contributed by atoms with Crippen molar-refractivity contribution in [3.05, 3.63) is 121 Å². The number of aromatic nitrogens is 2. The molecule has 5 nitrogen and oxygen atoms in total. The van der Waals surface area contributed by atoms with Crippen molar-refractivity contribution in [1.29, 1.82) is 0 Å². The molecule has 0 amide bonds. The van der Waals surface area contributed by atoms with E-state index in [0.717, 1.165) is 51.1 Å². The monoisotopic (exact) mass is 474 g/mol. The van der Waals surface area contributed by atoms with Gasteiger partial charge in [-0.3, -0.25) is 0 Å². The Morgan fingerprint density at radius 2 is 1.24 bits per heavy atom. The van der Waals surface area contributed by atoms with Crippen LogP contribution in [0.25, 0.3) is 28.1 Å². The van der Waals surface area contributed by atoms with Gasteiger partial charge in [0.05, 0.1) is 16.9 Å². The fourth-order valence-electron chi connectivity index (χ4n) is 4.94. The van der Waals surface area contributed by atoms with Gasteiger partial charge in [-0.25, -0.2) is 4.98 Å². The molecular formula is C31H21LiN3O2+. The Bertz CT molecular complexity index is 1700. The molecule has 37 heavy (non-hydrogen) atoms. The van der Waals surface area contributed by atoms with E-state index in [2.05, 4.69) is 20.5 Å². The number of anilines is 3. The van der Waals surface area contributed by atoms with E-state index in [0.29, 0.717) is 5.56 Å². The van der Waals surface area contributed by atoms with Crippen LogP contribution in [0.5, 0.6) is 17.2 Å². The first-order chi connectivity index (χ1) is 17.8. The zero-order valence-corrected chi connectivity index (χ0v) is 20.3. The quantitative estimate of drug-likeness (QED) is 0.367. The SMILES string of the molecule is [Li+].[O-]c1cc(N2c3ccccc3Oc3ccccc32)ccc1-c1[nH+]c2ccccc2n1-c1ccccc1. The van der Waals surface area contributed by atoms with Gasteiger partial charge in [0.2, 0.25) is 0 Å². The maximum Gasteiger partial charge on any atom is 1.00 e. The van der Waals surface area contributed by atoms with Gasteiger partial charge in [-0.1, -0.05) is 60.3 Å². The molecule has 5 aromatic carbocycles. The number of imidazole rings is 1. The van der Waals surface area contributed by atoms with E-state index in [1.165, 1.54) is 0 Å². The molecule has 0 atom stereocenters. The number of nitrogens with zero attached hydrogens (tertiary/aromatic N) is 2. The van der Waals surface area contributed by atoms with Gasteiger partial charge >= 0.3 is 18.9 Å². The van der Waals surface area contributed by atoms with Gasteiger partial charge in [-0.15, -0.1) is 0 Å². The Morgan fingerprint density at radius 3 is 1.95 bits per heavy atom. The van der Waals surface area contributed by atoms with E-state index in [4.69, 9.17) is 4.74 Å². The first kappa shape index (κ1) is 23.0. The summed E-state index contributed by atoms with van der Waals surface area (Å²) in [6, 6.07) is 39.5. The van der Waals surface area contributed by atoms with Gasteiger partial charge in [0.15, 0.2) is 22.5 Å². The maximum absolute atomic E-state index is 13.7. The van der Waals surface area contributed by atoms with Gasteiger partial charge in [0.1, 0.15) is 5.69 Å². The fourth-order valence-corrected chi connectivity index (χ4v) is 4.94. The number of aromatic amines is 1. The van der Waals surface area contributed by atoms with Crippen molar-refractivity contribution in [2.24, 2.45) is 0 Å². The van der Waals surface area contributed by atoms with Crippen LogP contribution in [0.3, 0.4) is 0 Å². The van der Waals surface area contributed by atoms with Crippen molar-refractivity contribution < 1.29 is 33.7 Å².